The van der Waals surface area contributed by atoms with Gasteiger partial charge in [-0.05, 0) is 73.2 Å². The Labute approximate surface area is 282 Å². The molecule has 3 aromatic carbocycles. The molecule has 6 rings (SSSR count). The van der Waals surface area contributed by atoms with Gasteiger partial charge in [-0.15, -0.1) is 0 Å². The van der Waals surface area contributed by atoms with Crippen LogP contribution in [0.25, 0.3) is 0 Å². The molecule has 0 bridgehead atoms. The third-order valence-electron chi connectivity index (χ3n) is 7.88. The standard InChI is InChI=1S/C33H28ClN3O8S2/c1-4-45-32(41)17-5-10-20(11-6-17)35-24(38)16-36-31-28(47-33(36)42)25(18-7-14-22(43-2)23(15-18)44-3)26-27(46-31)30(40)37(29(26)39)21-12-8-19(34)9-13-21/h5-15,25-27H,4,16H2,1-3H3,(H,35,38)/t25-,26?,27?/m1/s1. The minimum absolute atomic E-state index is 0.239. The molecule has 4 aromatic rings. The molecule has 1 aromatic heterocycles. The molecular weight excluding hydrogens is 666 g/mol. The van der Waals surface area contributed by atoms with Gasteiger partial charge in [-0.1, -0.05) is 40.8 Å². The largest absolute Gasteiger partial charge is 0.493 e. The second-order valence-corrected chi connectivity index (χ2v) is 13.2. The van der Waals surface area contributed by atoms with E-state index < -0.39 is 45.6 Å². The van der Waals surface area contributed by atoms with Gasteiger partial charge >= 0.3 is 10.8 Å². The first kappa shape index (κ1) is 32.4. The monoisotopic (exact) mass is 693 g/mol. The van der Waals surface area contributed by atoms with Crippen LogP contribution in [-0.4, -0.2) is 54.3 Å². The fraction of sp³-hybridized carbons (Fsp3) is 0.242. The maximum atomic E-state index is 14.1. The zero-order valence-electron chi connectivity index (χ0n) is 25.4. The molecule has 3 heterocycles. The molecule has 242 valence electrons. The van der Waals surface area contributed by atoms with E-state index in [1.807, 2.05) is 0 Å². The zero-order chi connectivity index (χ0) is 33.4. The summed E-state index contributed by atoms with van der Waals surface area (Å²) >= 11 is 8.12. The molecule has 0 aliphatic carbocycles. The number of carbonyl (C=O) groups excluding carboxylic acids is 4. The molecule has 11 nitrogen and oxygen atoms in total. The van der Waals surface area contributed by atoms with Crippen LogP contribution in [-0.2, 0) is 25.7 Å². The van der Waals surface area contributed by atoms with Crippen LogP contribution >= 0.6 is 34.7 Å². The fourth-order valence-corrected chi connectivity index (χ4v) is 8.65. The number of ether oxygens (including phenoxy) is 3. The van der Waals surface area contributed by atoms with Crippen molar-refractivity contribution in [1.82, 2.24) is 4.57 Å². The number of thiazole rings is 1. The Kier molecular flexibility index (Phi) is 9.13. The SMILES string of the molecule is CCOC(=O)c1ccc(NC(=O)Cn2c3c(sc2=O)[C@H](c2ccc(OC)c(OC)c2)C2C(=O)N(c4ccc(Cl)cc4)C(=O)C2S3)cc1. The van der Waals surface area contributed by atoms with Gasteiger partial charge in [-0.3, -0.25) is 23.7 Å². The number of nitrogens with zero attached hydrogens (tertiary/aromatic N) is 2. The van der Waals surface area contributed by atoms with Crippen molar-refractivity contribution >= 4 is 69.8 Å². The number of fused-ring (bicyclic) bond motifs is 2. The van der Waals surface area contributed by atoms with Gasteiger partial charge < -0.3 is 19.5 Å². The lowest BCUT2D eigenvalue weighted by Crippen LogP contribution is -2.33. The summed E-state index contributed by atoms with van der Waals surface area (Å²) in [6.07, 6.45) is 0. The molecule has 14 heteroatoms. The Balaban J connectivity index is 1.37. The van der Waals surface area contributed by atoms with Crippen molar-refractivity contribution in [1.29, 1.82) is 0 Å². The Bertz CT molecular complexity index is 1940. The Morgan fingerprint density at radius 1 is 0.915 bits per heavy atom. The average molecular weight is 694 g/mol. The number of hydrogen-bond donors (Lipinski definition) is 1. The minimum atomic E-state index is -0.873. The van der Waals surface area contributed by atoms with Gasteiger partial charge in [0.15, 0.2) is 11.5 Å². The molecular formula is C33H28ClN3O8S2. The van der Waals surface area contributed by atoms with E-state index in [1.165, 1.54) is 30.9 Å². The highest BCUT2D eigenvalue weighted by Gasteiger charge is 2.57. The van der Waals surface area contributed by atoms with Gasteiger partial charge in [0.05, 0.1) is 43.0 Å². The molecule has 0 saturated carbocycles. The predicted molar refractivity (Wildman–Crippen MR) is 178 cm³/mol. The smallest absolute Gasteiger partial charge is 0.338 e. The highest BCUT2D eigenvalue weighted by Crippen LogP contribution is 2.54. The summed E-state index contributed by atoms with van der Waals surface area (Å²) in [7, 11) is 3.01. The van der Waals surface area contributed by atoms with Gasteiger partial charge in [0.25, 0.3) is 0 Å². The number of rotatable bonds is 9. The number of anilines is 2. The highest BCUT2D eigenvalue weighted by molar-refractivity contribution is 8.00. The quantitative estimate of drug-likeness (QED) is 0.186. The number of esters is 1. The molecule has 2 aliphatic rings. The summed E-state index contributed by atoms with van der Waals surface area (Å²) in [5.41, 5.74) is 1.80. The van der Waals surface area contributed by atoms with Crippen molar-refractivity contribution in [2.45, 2.75) is 29.7 Å². The van der Waals surface area contributed by atoms with E-state index in [9.17, 15) is 24.0 Å². The first-order valence-corrected chi connectivity index (χ1v) is 16.5. The van der Waals surface area contributed by atoms with E-state index in [-0.39, 0.29) is 13.2 Å². The lowest BCUT2D eigenvalue weighted by Gasteiger charge is -2.31. The summed E-state index contributed by atoms with van der Waals surface area (Å²) in [4.78, 5) is 68.1. The van der Waals surface area contributed by atoms with Crippen LogP contribution in [0.15, 0.2) is 76.6 Å². The second kappa shape index (κ2) is 13.3. The number of carbonyl (C=O) groups is 4. The van der Waals surface area contributed by atoms with Gasteiger partial charge in [0.1, 0.15) is 11.8 Å². The summed E-state index contributed by atoms with van der Waals surface area (Å²) < 4.78 is 17.3. The number of nitrogens with one attached hydrogen (secondary N) is 1. The summed E-state index contributed by atoms with van der Waals surface area (Å²) in [6.45, 7) is 1.61. The molecule has 1 saturated heterocycles. The van der Waals surface area contributed by atoms with E-state index in [4.69, 9.17) is 25.8 Å². The van der Waals surface area contributed by atoms with Crippen molar-refractivity contribution in [3.8, 4) is 11.5 Å². The van der Waals surface area contributed by atoms with Crippen LogP contribution in [0, 0.1) is 5.92 Å². The van der Waals surface area contributed by atoms with Crippen molar-refractivity contribution in [2.75, 3.05) is 31.0 Å². The number of aromatic nitrogens is 1. The van der Waals surface area contributed by atoms with Crippen LogP contribution in [0.4, 0.5) is 11.4 Å². The van der Waals surface area contributed by atoms with E-state index in [2.05, 4.69) is 5.32 Å². The topological polar surface area (TPSA) is 133 Å². The summed E-state index contributed by atoms with van der Waals surface area (Å²) in [6, 6.07) is 17.9. The normalized spacial score (nSPS) is 18.4. The number of thioether (sulfide) groups is 1. The van der Waals surface area contributed by atoms with Crippen molar-refractivity contribution in [3.63, 3.8) is 0 Å². The third kappa shape index (κ3) is 6.01. The maximum Gasteiger partial charge on any atom is 0.338 e. The molecule has 0 radical (unpaired) electrons. The van der Waals surface area contributed by atoms with Crippen molar-refractivity contribution in [2.24, 2.45) is 5.92 Å². The van der Waals surface area contributed by atoms with Gasteiger partial charge in [0.2, 0.25) is 17.7 Å². The number of hydrogen-bond acceptors (Lipinski definition) is 10. The van der Waals surface area contributed by atoms with Gasteiger partial charge in [-0.25, -0.2) is 9.69 Å². The Hall–Kier alpha value is -4.59. The Morgan fingerprint density at radius 2 is 1.62 bits per heavy atom. The number of benzene rings is 3. The van der Waals surface area contributed by atoms with Crippen LogP contribution in [0.1, 0.15) is 33.6 Å². The van der Waals surface area contributed by atoms with E-state index in [0.717, 1.165) is 28.0 Å². The molecule has 1 fully saturated rings. The van der Waals surface area contributed by atoms with Crippen molar-refractivity contribution < 1.29 is 33.4 Å². The minimum Gasteiger partial charge on any atom is -0.493 e. The number of imide groups is 1. The predicted octanol–water partition coefficient (Wildman–Crippen LogP) is 5.19. The fourth-order valence-electron chi connectivity index (χ4n) is 5.75. The number of halogens is 1. The lowest BCUT2D eigenvalue weighted by molar-refractivity contribution is -0.122. The van der Waals surface area contributed by atoms with E-state index in [0.29, 0.717) is 48.9 Å². The molecule has 1 N–H and O–H groups in total. The van der Waals surface area contributed by atoms with E-state index >= 15 is 0 Å². The molecule has 2 unspecified atom stereocenters. The van der Waals surface area contributed by atoms with Gasteiger partial charge in [0, 0.05) is 21.5 Å². The molecule has 0 spiro atoms. The van der Waals surface area contributed by atoms with Crippen LogP contribution in [0.5, 0.6) is 11.5 Å². The number of methoxy groups -OCH3 is 2. The van der Waals surface area contributed by atoms with Crippen LogP contribution in [0.3, 0.4) is 0 Å². The van der Waals surface area contributed by atoms with Crippen molar-refractivity contribution in [3.05, 3.63) is 97.4 Å². The van der Waals surface area contributed by atoms with Gasteiger partial charge in [-0.2, -0.15) is 0 Å². The second-order valence-electron chi connectivity index (χ2n) is 10.6. The first-order valence-electron chi connectivity index (χ1n) is 14.5. The first-order chi connectivity index (χ1) is 22.6. The molecule has 47 heavy (non-hydrogen) atoms. The number of amides is 3. The lowest BCUT2D eigenvalue weighted by atomic mass is 9.83. The molecule has 3 amide bonds. The maximum absolute atomic E-state index is 14.1. The van der Waals surface area contributed by atoms with Crippen LogP contribution in [0.2, 0.25) is 5.02 Å². The summed E-state index contributed by atoms with van der Waals surface area (Å²) in [5, 5.41) is 2.78. The third-order valence-corrected chi connectivity index (χ3v) is 10.7. The molecule has 3 atom stereocenters. The highest BCUT2D eigenvalue weighted by atomic mass is 35.5. The summed E-state index contributed by atoms with van der Waals surface area (Å²) in [5.74, 6) is -2.43. The average Bonchev–Trinajstić information content (AvgIpc) is 3.51. The zero-order valence-corrected chi connectivity index (χ0v) is 27.7. The Morgan fingerprint density at radius 3 is 2.28 bits per heavy atom. The molecule has 2 aliphatic heterocycles. The van der Waals surface area contributed by atoms with E-state index in [1.54, 1.807) is 61.5 Å². The van der Waals surface area contributed by atoms with Crippen LogP contribution < -0.4 is 24.6 Å².